The Morgan fingerprint density at radius 3 is 2.40 bits per heavy atom. The second-order valence-electron chi connectivity index (χ2n) is 7.11. The van der Waals surface area contributed by atoms with Crippen molar-refractivity contribution in [2.45, 2.75) is 32.4 Å². The van der Waals surface area contributed by atoms with Gasteiger partial charge in [-0.15, -0.1) is 5.10 Å². The van der Waals surface area contributed by atoms with Crippen LogP contribution in [0.3, 0.4) is 0 Å². The monoisotopic (exact) mass is 408 g/mol. The molecule has 0 aliphatic carbocycles. The molecule has 30 heavy (non-hydrogen) atoms. The number of hydrogen-bond donors (Lipinski definition) is 2. The van der Waals surface area contributed by atoms with Crippen molar-refractivity contribution in [2.24, 2.45) is 0 Å². The molecule has 0 aliphatic heterocycles. The van der Waals surface area contributed by atoms with Gasteiger partial charge in [-0.1, -0.05) is 35.5 Å². The maximum absolute atomic E-state index is 12.4. The smallest absolute Gasteiger partial charge is 0.312 e. The highest BCUT2D eigenvalue weighted by Crippen LogP contribution is 2.17. The summed E-state index contributed by atoms with van der Waals surface area (Å²) in [4.78, 5) is 23.9. The fourth-order valence-electron chi connectivity index (χ4n) is 2.82. The van der Waals surface area contributed by atoms with Gasteiger partial charge in [-0.2, -0.15) is 0 Å². The number of nitrogens with zero attached hydrogens (tertiary/aromatic N) is 3. The zero-order chi connectivity index (χ0) is 21.5. The molecular formula is C22H24N4O4. The van der Waals surface area contributed by atoms with Crippen LogP contribution in [0.25, 0.3) is 0 Å². The maximum atomic E-state index is 12.4. The summed E-state index contributed by atoms with van der Waals surface area (Å²) in [6.45, 7) is 4.31. The Bertz CT molecular complexity index is 984. The molecule has 1 unspecified atom stereocenters. The molecule has 1 aromatic heterocycles. The topological polar surface area (TPSA) is 106 Å². The van der Waals surface area contributed by atoms with Crippen LogP contribution in [0.1, 0.15) is 47.4 Å². The first-order valence-electron chi connectivity index (χ1n) is 9.63. The SMILES string of the molecule is CC(C)n1cc(COc2ccc(C(=O)NCC(C(=O)O)c3ccccc3)cc2)nn1. The minimum absolute atomic E-state index is 0.00193. The van der Waals surface area contributed by atoms with Crippen molar-refractivity contribution < 1.29 is 19.4 Å². The van der Waals surface area contributed by atoms with Crippen molar-refractivity contribution in [1.82, 2.24) is 20.3 Å². The van der Waals surface area contributed by atoms with Gasteiger partial charge in [0.2, 0.25) is 0 Å². The number of benzene rings is 2. The van der Waals surface area contributed by atoms with Crippen molar-refractivity contribution in [3.63, 3.8) is 0 Å². The number of carbonyl (C=O) groups excluding carboxylic acids is 1. The first-order chi connectivity index (χ1) is 14.4. The Hall–Kier alpha value is -3.68. The standard InChI is InChI=1S/C22H24N4O4/c1-15(2)26-13-18(24-25-26)14-30-19-10-8-17(9-11-19)21(27)23-12-20(22(28)29)16-6-4-3-5-7-16/h3-11,13,15,20H,12,14H2,1-2H3,(H,23,27)(H,28,29). The number of ether oxygens (including phenoxy) is 1. The molecule has 2 N–H and O–H groups in total. The fourth-order valence-corrected chi connectivity index (χ4v) is 2.82. The van der Waals surface area contributed by atoms with E-state index < -0.39 is 11.9 Å². The molecular weight excluding hydrogens is 384 g/mol. The Morgan fingerprint density at radius 1 is 1.10 bits per heavy atom. The molecule has 1 atom stereocenters. The van der Waals surface area contributed by atoms with E-state index in [1.807, 2.05) is 26.1 Å². The Labute approximate surface area is 174 Å². The molecule has 1 heterocycles. The average molecular weight is 408 g/mol. The van der Waals surface area contributed by atoms with Crippen LogP contribution in [0.15, 0.2) is 60.8 Å². The molecule has 0 fully saturated rings. The maximum Gasteiger partial charge on any atom is 0.312 e. The van der Waals surface area contributed by atoms with Gasteiger partial charge in [0.1, 0.15) is 18.1 Å². The molecule has 0 aliphatic rings. The number of aliphatic carboxylic acids is 1. The van der Waals surface area contributed by atoms with Gasteiger partial charge >= 0.3 is 5.97 Å². The van der Waals surface area contributed by atoms with Crippen molar-refractivity contribution in [3.8, 4) is 5.75 Å². The molecule has 8 heteroatoms. The van der Waals surface area contributed by atoms with E-state index in [4.69, 9.17) is 4.74 Å². The Kier molecular flexibility index (Phi) is 6.79. The molecule has 8 nitrogen and oxygen atoms in total. The molecule has 2 aromatic carbocycles. The summed E-state index contributed by atoms with van der Waals surface area (Å²) in [5.41, 5.74) is 1.78. The highest BCUT2D eigenvalue weighted by atomic mass is 16.5. The van der Waals surface area contributed by atoms with E-state index in [-0.39, 0.29) is 25.1 Å². The summed E-state index contributed by atoms with van der Waals surface area (Å²) in [6, 6.07) is 15.7. The predicted octanol–water partition coefficient (Wildman–Crippen LogP) is 3.04. The molecule has 1 amide bonds. The summed E-state index contributed by atoms with van der Waals surface area (Å²) < 4.78 is 7.44. The number of amides is 1. The highest BCUT2D eigenvalue weighted by molar-refractivity contribution is 5.94. The zero-order valence-electron chi connectivity index (χ0n) is 16.9. The van der Waals surface area contributed by atoms with Crippen LogP contribution < -0.4 is 10.1 Å². The number of rotatable bonds is 9. The summed E-state index contributed by atoms with van der Waals surface area (Å²) in [6.07, 6.45) is 1.83. The molecule has 0 bridgehead atoms. The van der Waals surface area contributed by atoms with Crippen molar-refractivity contribution in [3.05, 3.63) is 77.6 Å². The van der Waals surface area contributed by atoms with E-state index in [9.17, 15) is 14.7 Å². The summed E-state index contributed by atoms with van der Waals surface area (Å²) in [7, 11) is 0. The molecule has 156 valence electrons. The molecule has 0 saturated heterocycles. The van der Waals surface area contributed by atoms with Crippen LogP contribution in [0, 0.1) is 0 Å². The molecule has 3 aromatic rings. The van der Waals surface area contributed by atoms with Crippen molar-refractivity contribution in [2.75, 3.05) is 6.54 Å². The first-order valence-corrected chi connectivity index (χ1v) is 9.63. The lowest BCUT2D eigenvalue weighted by Gasteiger charge is -2.14. The molecule has 0 saturated carbocycles. The van der Waals surface area contributed by atoms with Crippen molar-refractivity contribution in [1.29, 1.82) is 0 Å². The number of aromatic nitrogens is 3. The van der Waals surface area contributed by atoms with Crippen LogP contribution in [0.4, 0.5) is 0 Å². The summed E-state index contributed by atoms with van der Waals surface area (Å²) in [5.74, 6) is -1.54. The van der Waals surface area contributed by atoms with Crippen molar-refractivity contribution >= 4 is 11.9 Å². The van der Waals surface area contributed by atoms with E-state index in [2.05, 4.69) is 15.6 Å². The molecule has 0 spiro atoms. The number of carboxylic acid groups (broad SMARTS) is 1. The van der Waals surface area contributed by atoms with E-state index in [0.29, 0.717) is 22.6 Å². The lowest BCUT2D eigenvalue weighted by atomic mass is 9.99. The third-order valence-corrected chi connectivity index (χ3v) is 4.56. The Balaban J connectivity index is 1.54. The van der Waals surface area contributed by atoms with Gasteiger partial charge in [-0.05, 0) is 43.7 Å². The minimum atomic E-state index is -0.986. The average Bonchev–Trinajstić information content (AvgIpc) is 3.23. The second kappa shape index (κ2) is 9.69. The second-order valence-corrected chi connectivity index (χ2v) is 7.11. The largest absolute Gasteiger partial charge is 0.487 e. The zero-order valence-corrected chi connectivity index (χ0v) is 16.9. The minimum Gasteiger partial charge on any atom is -0.487 e. The van der Waals surface area contributed by atoms with Gasteiger partial charge in [0.05, 0.1) is 12.1 Å². The van der Waals surface area contributed by atoms with Gasteiger partial charge < -0.3 is 15.2 Å². The third-order valence-electron chi connectivity index (χ3n) is 4.56. The van der Waals surface area contributed by atoms with Crippen LogP contribution in [0.2, 0.25) is 0 Å². The number of hydrogen-bond acceptors (Lipinski definition) is 5. The van der Waals surface area contributed by atoms with Crippen LogP contribution in [-0.4, -0.2) is 38.5 Å². The lowest BCUT2D eigenvalue weighted by Crippen LogP contribution is -2.31. The predicted molar refractivity (Wildman–Crippen MR) is 110 cm³/mol. The van der Waals surface area contributed by atoms with Gasteiger partial charge in [0, 0.05) is 18.2 Å². The van der Waals surface area contributed by atoms with Gasteiger partial charge in [0.25, 0.3) is 5.91 Å². The summed E-state index contributed by atoms with van der Waals surface area (Å²) >= 11 is 0. The quantitative estimate of drug-likeness (QED) is 0.564. The summed E-state index contributed by atoms with van der Waals surface area (Å²) in [5, 5.41) is 20.2. The van der Waals surface area contributed by atoms with E-state index in [0.717, 1.165) is 0 Å². The van der Waals surface area contributed by atoms with Gasteiger partial charge in [-0.3, -0.25) is 9.59 Å². The third kappa shape index (κ3) is 5.44. The first kappa shape index (κ1) is 21.0. The normalized spacial score (nSPS) is 11.8. The fraction of sp³-hybridized carbons (Fsp3) is 0.273. The van der Waals surface area contributed by atoms with E-state index in [1.165, 1.54) is 0 Å². The van der Waals surface area contributed by atoms with Gasteiger partial charge in [0.15, 0.2) is 0 Å². The van der Waals surface area contributed by atoms with E-state index in [1.54, 1.807) is 53.2 Å². The van der Waals surface area contributed by atoms with Crippen LogP contribution >= 0.6 is 0 Å². The Morgan fingerprint density at radius 2 is 1.80 bits per heavy atom. The molecule has 0 radical (unpaired) electrons. The highest BCUT2D eigenvalue weighted by Gasteiger charge is 2.20. The molecule has 3 rings (SSSR count). The number of carboxylic acids is 1. The van der Waals surface area contributed by atoms with E-state index >= 15 is 0 Å². The number of nitrogens with one attached hydrogen (secondary N) is 1. The van der Waals surface area contributed by atoms with Crippen LogP contribution in [0.5, 0.6) is 5.75 Å². The van der Waals surface area contributed by atoms with Gasteiger partial charge in [-0.25, -0.2) is 4.68 Å². The number of carbonyl (C=O) groups is 2. The van der Waals surface area contributed by atoms with Crippen LogP contribution in [-0.2, 0) is 11.4 Å². The lowest BCUT2D eigenvalue weighted by molar-refractivity contribution is -0.138.